The summed E-state index contributed by atoms with van der Waals surface area (Å²) in [6.07, 6.45) is 1.60. The molecule has 2 aromatic rings. The van der Waals surface area contributed by atoms with Crippen LogP contribution in [0.5, 0.6) is 0 Å². The fourth-order valence-corrected chi connectivity index (χ4v) is 3.82. The number of hydrogen-bond donors (Lipinski definition) is 2. The molecule has 3 amide bonds. The Labute approximate surface area is 186 Å². The summed E-state index contributed by atoms with van der Waals surface area (Å²) in [4.78, 5) is 48.9. The van der Waals surface area contributed by atoms with E-state index in [0.717, 1.165) is 28.3 Å². The zero-order valence-corrected chi connectivity index (χ0v) is 17.8. The van der Waals surface area contributed by atoms with Crippen molar-refractivity contribution in [3.8, 4) is 0 Å². The van der Waals surface area contributed by atoms with Gasteiger partial charge in [0.15, 0.2) is 0 Å². The molecule has 3 rings (SSSR count). The predicted octanol–water partition coefficient (Wildman–Crippen LogP) is 3.76. The van der Waals surface area contributed by atoms with Crippen LogP contribution < -0.4 is 10.6 Å². The number of imide groups is 1. The van der Waals surface area contributed by atoms with E-state index in [2.05, 4.69) is 10.6 Å². The number of hydrogen-bond acceptors (Lipinski definition) is 7. The Morgan fingerprint density at radius 2 is 1.94 bits per heavy atom. The van der Waals surface area contributed by atoms with E-state index in [4.69, 9.17) is 11.6 Å². The highest BCUT2D eigenvalue weighted by Crippen LogP contribution is 2.32. The van der Waals surface area contributed by atoms with E-state index >= 15 is 0 Å². The maximum atomic E-state index is 12.5. The van der Waals surface area contributed by atoms with Crippen LogP contribution >= 0.6 is 23.4 Å². The first kappa shape index (κ1) is 22.3. The molecule has 2 aromatic carbocycles. The molecule has 0 aliphatic carbocycles. The highest BCUT2D eigenvalue weighted by atomic mass is 35.5. The number of anilines is 1. The van der Waals surface area contributed by atoms with Gasteiger partial charge in [-0.2, -0.15) is 0 Å². The van der Waals surface area contributed by atoms with Crippen LogP contribution in [0.3, 0.4) is 0 Å². The van der Waals surface area contributed by atoms with Crippen molar-refractivity contribution in [3.05, 3.63) is 73.6 Å². The van der Waals surface area contributed by atoms with Crippen LogP contribution in [0.15, 0.2) is 47.4 Å². The number of nitro benzene ring substituents is 1. The summed E-state index contributed by atoms with van der Waals surface area (Å²) in [7, 11) is 1.59. The molecule has 1 aliphatic heterocycles. The van der Waals surface area contributed by atoms with Crippen molar-refractivity contribution in [2.45, 2.75) is 0 Å². The lowest BCUT2D eigenvalue weighted by molar-refractivity contribution is -0.384. The molecule has 0 aromatic heterocycles. The first-order valence-electron chi connectivity index (χ1n) is 9.05. The minimum atomic E-state index is -0.594. The van der Waals surface area contributed by atoms with Gasteiger partial charge >= 0.3 is 0 Å². The molecule has 160 valence electrons. The van der Waals surface area contributed by atoms with Crippen LogP contribution in [-0.4, -0.2) is 47.0 Å². The highest BCUT2D eigenvalue weighted by molar-refractivity contribution is 8.18. The van der Waals surface area contributed by atoms with Crippen molar-refractivity contribution in [2.75, 3.05) is 25.5 Å². The summed E-state index contributed by atoms with van der Waals surface area (Å²) in [5.74, 6) is -1.01. The Morgan fingerprint density at radius 1 is 1.23 bits per heavy atom. The van der Waals surface area contributed by atoms with Crippen molar-refractivity contribution in [3.63, 3.8) is 0 Å². The Morgan fingerprint density at radius 3 is 2.58 bits per heavy atom. The van der Waals surface area contributed by atoms with Gasteiger partial charge in [-0.25, -0.2) is 0 Å². The van der Waals surface area contributed by atoms with E-state index in [0.29, 0.717) is 10.7 Å². The molecule has 0 radical (unpaired) electrons. The zero-order chi connectivity index (χ0) is 22.5. The second kappa shape index (κ2) is 9.63. The molecule has 1 saturated heterocycles. The monoisotopic (exact) mass is 460 g/mol. The zero-order valence-electron chi connectivity index (χ0n) is 16.3. The van der Waals surface area contributed by atoms with E-state index in [-0.39, 0.29) is 29.2 Å². The molecule has 0 atom stereocenters. The average Bonchev–Trinajstić information content (AvgIpc) is 3.02. The molecular formula is C20H17ClN4O5S. The van der Waals surface area contributed by atoms with Crippen LogP contribution in [-0.2, 0) is 4.79 Å². The number of benzene rings is 2. The van der Waals surface area contributed by atoms with Gasteiger partial charge in [-0.15, -0.1) is 0 Å². The van der Waals surface area contributed by atoms with E-state index in [1.165, 1.54) is 12.1 Å². The molecule has 1 aliphatic rings. The van der Waals surface area contributed by atoms with E-state index in [1.54, 1.807) is 37.4 Å². The van der Waals surface area contributed by atoms with Crippen LogP contribution in [0.25, 0.3) is 6.08 Å². The molecule has 11 heteroatoms. The Hall–Kier alpha value is -3.37. The smallest absolute Gasteiger partial charge is 0.293 e. The summed E-state index contributed by atoms with van der Waals surface area (Å²) in [6, 6.07) is 10.7. The van der Waals surface area contributed by atoms with Crippen molar-refractivity contribution in [1.82, 2.24) is 10.2 Å². The molecule has 0 spiro atoms. The quantitative estimate of drug-likeness (QED) is 0.366. The largest absolute Gasteiger partial charge is 0.387 e. The minimum Gasteiger partial charge on any atom is -0.387 e. The molecule has 2 N–H and O–H groups in total. The number of nitrogens with one attached hydrogen (secondary N) is 2. The SMILES string of the molecule is CNc1ccc([N+](=O)[O-])cc1C(=O)NCCN1C(=O)S/C(=C/c2ccc(Cl)cc2)C1=O. The third-order valence-electron chi connectivity index (χ3n) is 4.39. The molecule has 0 unspecified atom stereocenters. The topological polar surface area (TPSA) is 122 Å². The fourth-order valence-electron chi connectivity index (χ4n) is 2.83. The van der Waals surface area contributed by atoms with Crippen molar-refractivity contribution in [1.29, 1.82) is 0 Å². The summed E-state index contributed by atoms with van der Waals surface area (Å²) < 4.78 is 0. The molecule has 9 nitrogen and oxygen atoms in total. The Bertz CT molecular complexity index is 1090. The van der Waals surface area contributed by atoms with Crippen LogP contribution in [0.1, 0.15) is 15.9 Å². The summed E-state index contributed by atoms with van der Waals surface area (Å²) in [6.45, 7) is -0.0326. The second-order valence-corrected chi connectivity index (χ2v) is 7.81. The van der Waals surface area contributed by atoms with Gasteiger partial charge in [-0.1, -0.05) is 23.7 Å². The van der Waals surface area contributed by atoms with Crippen LogP contribution in [0.4, 0.5) is 16.2 Å². The number of carbonyl (C=O) groups excluding carboxylic acids is 3. The third kappa shape index (κ3) is 5.22. The van der Waals surface area contributed by atoms with Crippen molar-refractivity contribution in [2.24, 2.45) is 0 Å². The van der Waals surface area contributed by atoms with Gasteiger partial charge in [0.2, 0.25) is 0 Å². The summed E-state index contributed by atoms with van der Waals surface area (Å²) in [5.41, 5.74) is 1.02. The second-order valence-electron chi connectivity index (χ2n) is 6.38. The lowest BCUT2D eigenvalue weighted by Gasteiger charge is -2.14. The first-order chi connectivity index (χ1) is 14.8. The van der Waals surface area contributed by atoms with Gasteiger partial charge in [0, 0.05) is 43.0 Å². The Balaban J connectivity index is 1.64. The molecule has 31 heavy (non-hydrogen) atoms. The van der Waals surface area contributed by atoms with Gasteiger partial charge < -0.3 is 10.6 Å². The maximum absolute atomic E-state index is 12.5. The maximum Gasteiger partial charge on any atom is 0.293 e. The summed E-state index contributed by atoms with van der Waals surface area (Å²) in [5, 5.41) is 16.5. The number of thioether (sulfide) groups is 1. The highest BCUT2D eigenvalue weighted by Gasteiger charge is 2.34. The van der Waals surface area contributed by atoms with Crippen molar-refractivity contribution >= 4 is 57.9 Å². The van der Waals surface area contributed by atoms with Gasteiger partial charge in [0.25, 0.3) is 22.7 Å². The number of carbonyl (C=O) groups is 3. The lowest BCUT2D eigenvalue weighted by atomic mass is 10.1. The number of nitrogens with zero attached hydrogens (tertiary/aromatic N) is 2. The van der Waals surface area contributed by atoms with Gasteiger partial charge in [0.05, 0.1) is 15.4 Å². The first-order valence-corrected chi connectivity index (χ1v) is 10.2. The standard InChI is InChI=1S/C20H17ClN4O5S/c1-22-16-7-6-14(25(29)30)11-15(16)18(26)23-8-9-24-19(27)17(31-20(24)28)10-12-2-4-13(21)5-3-12/h2-7,10-11,22H,8-9H2,1H3,(H,23,26)/b17-10+. The summed E-state index contributed by atoms with van der Waals surface area (Å²) >= 11 is 6.66. The van der Waals surface area contributed by atoms with Gasteiger partial charge in [0.1, 0.15) is 0 Å². The number of non-ortho nitro benzene ring substituents is 1. The normalized spacial score (nSPS) is 14.8. The lowest BCUT2D eigenvalue weighted by Crippen LogP contribution is -2.37. The van der Waals surface area contributed by atoms with Gasteiger partial charge in [-0.05, 0) is 41.6 Å². The molecule has 1 fully saturated rings. The predicted molar refractivity (Wildman–Crippen MR) is 119 cm³/mol. The third-order valence-corrected chi connectivity index (χ3v) is 5.55. The molecule has 0 bridgehead atoms. The van der Waals surface area contributed by atoms with E-state index < -0.39 is 22.0 Å². The minimum absolute atomic E-state index is 0.00303. The number of halogens is 1. The number of nitro groups is 1. The number of amides is 3. The van der Waals surface area contributed by atoms with Gasteiger partial charge in [-0.3, -0.25) is 29.4 Å². The van der Waals surface area contributed by atoms with Crippen LogP contribution in [0, 0.1) is 10.1 Å². The number of rotatable bonds is 7. The molecular weight excluding hydrogens is 444 g/mol. The Kier molecular flexibility index (Phi) is 6.93. The average molecular weight is 461 g/mol. The fraction of sp³-hybridized carbons (Fsp3) is 0.150. The molecule has 1 heterocycles. The van der Waals surface area contributed by atoms with Crippen LogP contribution in [0.2, 0.25) is 5.02 Å². The van der Waals surface area contributed by atoms with E-state index in [1.807, 2.05) is 0 Å². The van der Waals surface area contributed by atoms with E-state index in [9.17, 15) is 24.5 Å². The van der Waals surface area contributed by atoms with Crippen molar-refractivity contribution < 1.29 is 19.3 Å². The molecule has 0 saturated carbocycles.